The Morgan fingerprint density at radius 3 is 2.65 bits per heavy atom. The van der Waals surface area contributed by atoms with Crippen molar-refractivity contribution in [3.05, 3.63) is 28.3 Å². The van der Waals surface area contributed by atoms with Gasteiger partial charge in [0.1, 0.15) is 5.75 Å². The quantitative estimate of drug-likeness (QED) is 0.335. The summed E-state index contributed by atoms with van der Waals surface area (Å²) in [6, 6.07) is 2.04. The van der Waals surface area contributed by atoms with Crippen LogP contribution in [-0.4, -0.2) is 33.1 Å². The third-order valence-corrected chi connectivity index (χ3v) is 2.45. The lowest BCUT2D eigenvalue weighted by molar-refractivity contribution is -0.384. The van der Waals surface area contributed by atoms with E-state index >= 15 is 0 Å². The number of hydrogen-bond acceptors (Lipinski definition) is 6. The van der Waals surface area contributed by atoms with Crippen LogP contribution in [0.5, 0.6) is 5.75 Å². The average molecular weight is 283 g/mol. The van der Waals surface area contributed by atoms with Crippen LogP contribution in [-0.2, 0) is 9.59 Å². The second kappa shape index (κ2) is 6.48. The number of nitrogens with two attached hydrogens (primary N) is 1. The first kappa shape index (κ1) is 15.4. The molecule has 1 aromatic carbocycles. The number of anilines is 1. The van der Waals surface area contributed by atoms with E-state index in [-0.39, 0.29) is 30.0 Å². The van der Waals surface area contributed by atoms with Crippen molar-refractivity contribution in [3.8, 4) is 5.75 Å². The zero-order valence-electron chi connectivity index (χ0n) is 10.3. The van der Waals surface area contributed by atoms with Gasteiger partial charge in [0.2, 0.25) is 5.91 Å². The van der Waals surface area contributed by atoms with E-state index in [2.05, 4.69) is 5.32 Å². The van der Waals surface area contributed by atoms with Crippen LogP contribution in [0.3, 0.4) is 0 Å². The fourth-order valence-corrected chi connectivity index (χ4v) is 1.37. The van der Waals surface area contributed by atoms with Crippen molar-refractivity contribution in [1.82, 2.24) is 0 Å². The molecule has 0 radical (unpaired) electrons. The lowest BCUT2D eigenvalue weighted by atomic mass is 10.1. The zero-order chi connectivity index (χ0) is 15.3. The van der Waals surface area contributed by atoms with Gasteiger partial charge in [-0.05, 0) is 12.5 Å². The molecule has 1 rings (SSSR count). The van der Waals surface area contributed by atoms with E-state index in [9.17, 15) is 24.8 Å². The molecule has 0 aliphatic heterocycles. The number of aliphatic carboxylic acids is 1. The minimum absolute atomic E-state index is 0.0865. The van der Waals surface area contributed by atoms with Crippen molar-refractivity contribution in [3.63, 3.8) is 0 Å². The Morgan fingerprint density at radius 1 is 1.45 bits per heavy atom. The molecule has 0 saturated carbocycles. The van der Waals surface area contributed by atoms with Crippen molar-refractivity contribution in [2.75, 3.05) is 5.32 Å². The van der Waals surface area contributed by atoms with E-state index in [1.807, 2.05) is 0 Å². The van der Waals surface area contributed by atoms with Gasteiger partial charge < -0.3 is 21.3 Å². The van der Waals surface area contributed by atoms with Crippen LogP contribution in [0.4, 0.5) is 11.4 Å². The number of aromatic hydroxyl groups is 1. The molecule has 1 amide bonds. The lowest BCUT2D eigenvalue weighted by Crippen LogP contribution is -2.36. The second-order valence-electron chi connectivity index (χ2n) is 3.99. The Balaban J connectivity index is 2.77. The van der Waals surface area contributed by atoms with Gasteiger partial charge in [0.15, 0.2) is 0 Å². The number of hydrogen-bond donors (Lipinski definition) is 4. The number of nitrogens with one attached hydrogen (secondary N) is 1. The third-order valence-electron chi connectivity index (χ3n) is 2.45. The molecule has 0 aromatic heterocycles. The summed E-state index contributed by atoms with van der Waals surface area (Å²) in [6.07, 6.45) is -0.369. The van der Waals surface area contributed by atoms with Crippen LogP contribution in [0.1, 0.15) is 12.8 Å². The number of carbonyl (C=O) groups excluding carboxylic acids is 1. The number of nitro groups is 1. The number of nitro benzene ring substituents is 1. The van der Waals surface area contributed by atoms with Gasteiger partial charge in [0, 0.05) is 18.6 Å². The minimum Gasteiger partial charge on any atom is -0.506 e. The Kier molecular flexibility index (Phi) is 4.98. The number of carbonyl (C=O) groups is 2. The van der Waals surface area contributed by atoms with Crippen LogP contribution >= 0.6 is 0 Å². The molecule has 0 heterocycles. The molecule has 0 spiro atoms. The van der Waals surface area contributed by atoms with Crippen LogP contribution in [0.25, 0.3) is 0 Å². The molecule has 1 unspecified atom stereocenters. The molecular formula is C11H13N3O6. The Bertz CT molecular complexity index is 545. The number of carboxylic acid groups (broad SMARTS) is 1. The molecule has 108 valence electrons. The number of phenols is 1. The van der Waals surface area contributed by atoms with Gasteiger partial charge in [-0.3, -0.25) is 19.7 Å². The van der Waals surface area contributed by atoms with Crippen molar-refractivity contribution < 1.29 is 24.7 Å². The van der Waals surface area contributed by atoms with Crippen LogP contribution < -0.4 is 11.1 Å². The van der Waals surface area contributed by atoms with Gasteiger partial charge >= 0.3 is 5.97 Å². The monoisotopic (exact) mass is 283 g/mol. The predicted octanol–water partition coefficient (Wildman–Crippen LogP) is 0.431. The topological polar surface area (TPSA) is 156 Å². The molecule has 0 saturated heterocycles. The normalized spacial score (nSPS) is 11.7. The standard InChI is InChI=1S/C11H13N3O6/c12-7(2-4-10(16)17)11(18)13-8-5-6(14(19)20)1-3-9(8)15/h1,3,5,7,15H,2,4,12H2,(H,13,18)(H,16,17). The van der Waals surface area contributed by atoms with Crippen molar-refractivity contribution in [1.29, 1.82) is 0 Å². The Hall–Kier alpha value is -2.68. The molecule has 5 N–H and O–H groups in total. The van der Waals surface area contributed by atoms with Crippen LogP contribution in [0, 0.1) is 10.1 Å². The smallest absolute Gasteiger partial charge is 0.303 e. The highest BCUT2D eigenvalue weighted by Crippen LogP contribution is 2.27. The predicted molar refractivity (Wildman–Crippen MR) is 68.2 cm³/mol. The van der Waals surface area contributed by atoms with Gasteiger partial charge in [0.05, 0.1) is 16.7 Å². The number of carboxylic acids is 1. The fraction of sp³-hybridized carbons (Fsp3) is 0.273. The van der Waals surface area contributed by atoms with E-state index in [4.69, 9.17) is 10.8 Å². The maximum absolute atomic E-state index is 11.6. The van der Waals surface area contributed by atoms with Crippen molar-refractivity contribution >= 4 is 23.3 Å². The molecule has 0 fully saturated rings. The van der Waals surface area contributed by atoms with Crippen molar-refractivity contribution in [2.24, 2.45) is 5.73 Å². The summed E-state index contributed by atoms with van der Waals surface area (Å²) < 4.78 is 0. The molecule has 0 aliphatic rings. The van der Waals surface area contributed by atoms with Gasteiger partial charge in [-0.15, -0.1) is 0 Å². The fourth-order valence-electron chi connectivity index (χ4n) is 1.37. The minimum atomic E-state index is -1.09. The Morgan fingerprint density at radius 2 is 2.10 bits per heavy atom. The summed E-state index contributed by atoms with van der Waals surface area (Å²) in [6.45, 7) is 0. The Labute approximate surface area is 113 Å². The summed E-state index contributed by atoms with van der Waals surface area (Å²) in [5.41, 5.74) is 5.00. The van der Waals surface area contributed by atoms with Gasteiger partial charge in [0.25, 0.3) is 5.69 Å². The second-order valence-corrected chi connectivity index (χ2v) is 3.99. The van der Waals surface area contributed by atoms with Crippen molar-refractivity contribution in [2.45, 2.75) is 18.9 Å². The molecule has 9 nitrogen and oxygen atoms in total. The molecule has 1 atom stereocenters. The first-order chi connectivity index (χ1) is 9.31. The molecule has 9 heteroatoms. The lowest BCUT2D eigenvalue weighted by Gasteiger charge is -2.12. The highest BCUT2D eigenvalue weighted by atomic mass is 16.6. The number of phenolic OH excluding ortho intramolecular Hbond substituents is 1. The number of amides is 1. The number of benzene rings is 1. The molecular weight excluding hydrogens is 270 g/mol. The average Bonchev–Trinajstić information content (AvgIpc) is 2.37. The van der Waals surface area contributed by atoms with Crippen LogP contribution in [0.2, 0.25) is 0 Å². The summed E-state index contributed by atoms with van der Waals surface area (Å²) in [5, 5.41) is 30.8. The maximum Gasteiger partial charge on any atom is 0.303 e. The third kappa shape index (κ3) is 4.21. The summed E-state index contributed by atoms with van der Waals surface area (Å²) in [5.74, 6) is -2.18. The maximum atomic E-state index is 11.6. The summed E-state index contributed by atoms with van der Waals surface area (Å²) in [4.78, 5) is 31.9. The number of rotatable bonds is 6. The number of nitrogens with zero attached hydrogens (tertiary/aromatic N) is 1. The summed E-state index contributed by atoms with van der Waals surface area (Å²) >= 11 is 0. The summed E-state index contributed by atoms with van der Waals surface area (Å²) in [7, 11) is 0. The van der Waals surface area contributed by atoms with Gasteiger partial charge in [-0.1, -0.05) is 0 Å². The van der Waals surface area contributed by atoms with E-state index < -0.39 is 22.8 Å². The van der Waals surface area contributed by atoms with E-state index in [1.165, 1.54) is 0 Å². The van der Waals surface area contributed by atoms with E-state index in [1.54, 1.807) is 0 Å². The zero-order valence-corrected chi connectivity index (χ0v) is 10.3. The molecule has 20 heavy (non-hydrogen) atoms. The van der Waals surface area contributed by atoms with Gasteiger partial charge in [-0.2, -0.15) is 0 Å². The van der Waals surface area contributed by atoms with Crippen LogP contribution in [0.15, 0.2) is 18.2 Å². The first-order valence-corrected chi connectivity index (χ1v) is 5.57. The highest BCUT2D eigenvalue weighted by Gasteiger charge is 2.18. The van der Waals surface area contributed by atoms with Gasteiger partial charge in [-0.25, -0.2) is 0 Å². The van der Waals surface area contributed by atoms with E-state index in [0.717, 1.165) is 18.2 Å². The molecule has 0 bridgehead atoms. The largest absolute Gasteiger partial charge is 0.506 e. The van der Waals surface area contributed by atoms with E-state index in [0.29, 0.717) is 0 Å². The SMILES string of the molecule is NC(CCC(=O)O)C(=O)Nc1cc([N+](=O)[O-])ccc1O. The number of non-ortho nitro benzene ring substituents is 1. The molecule has 0 aliphatic carbocycles. The highest BCUT2D eigenvalue weighted by molar-refractivity contribution is 5.96. The molecule has 1 aromatic rings. The first-order valence-electron chi connectivity index (χ1n) is 5.57.